The second kappa shape index (κ2) is 10.1. The minimum atomic E-state index is -4.60. The highest BCUT2D eigenvalue weighted by Gasteiger charge is 2.28. The van der Waals surface area contributed by atoms with Gasteiger partial charge in [0.2, 0.25) is 5.91 Å². The minimum Gasteiger partial charge on any atom is -0.493 e. The van der Waals surface area contributed by atoms with Gasteiger partial charge in [0.1, 0.15) is 12.4 Å². The van der Waals surface area contributed by atoms with E-state index in [2.05, 4.69) is 5.32 Å². The zero-order valence-corrected chi connectivity index (χ0v) is 17.2. The number of benzene rings is 2. The first-order chi connectivity index (χ1) is 14.5. The Bertz CT molecular complexity index is 961. The molecule has 2 amide bonds. The number of aryl methyl sites for hydroxylation is 1. The number of amides is 2. The van der Waals surface area contributed by atoms with Crippen molar-refractivity contribution in [1.29, 1.82) is 0 Å². The Hall–Kier alpha value is -3.30. The topological polar surface area (TPSA) is 76.7 Å². The van der Waals surface area contributed by atoms with E-state index in [9.17, 15) is 27.2 Å². The van der Waals surface area contributed by atoms with Crippen molar-refractivity contribution in [3.05, 3.63) is 52.8 Å². The molecule has 6 nitrogen and oxygen atoms in total. The molecule has 0 saturated carbocycles. The standard InChI is InChI=1S/C21H22F4N2O4/c1-12-4-5-17(18(8-12)30-3)31-7-6-19(28)27-16-10-14(9-15(22)13(16)2)20(29)26-11-21(23,24)25/h4-5,8-10H,6-7,11H2,1-3H3,(H,26,29)(H,27,28). The van der Waals surface area contributed by atoms with Gasteiger partial charge in [0, 0.05) is 16.8 Å². The first-order valence-corrected chi connectivity index (χ1v) is 9.22. The number of hydrogen-bond acceptors (Lipinski definition) is 4. The Labute approximate surface area is 176 Å². The van der Waals surface area contributed by atoms with Gasteiger partial charge in [-0.25, -0.2) is 4.39 Å². The fraction of sp³-hybridized carbons (Fsp3) is 0.333. The quantitative estimate of drug-likeness (QED) is 0.603. The molecular weight excluding hydrogens is 420 g/mol. The maximum atomic E-state index is 14.1. The minimum absolute atomic E-state index is 0.00144. The van der Waals surface area contributed by atoms with Crippen molar-refractivity contribution in [1.82, 2.24) is 5.32 Å². The summed E-state index contributed by atoms with van der Waals surface area (Å²) in [4.78, 5) is 24.1. The average Bonchev–Trinajstić information content (AvgIpc) is 2.69. The number of hydrogen-bond donors (Lipinski definition) is 2. The summed E-state index contributed by atoms with van der Waals surface area (Å²) >= 11 is 0. The SMILES string of the molecule is COc1cc(C)ccc1OCCC(=O)Nc1cc(C(=O)NCC(F)(F)F)cc(F)c1C. The van der Waals surface area contributed by atoms with Crippen LogP contribution in [0, 0.1) is 19.7 Å². The van der Waals surface area contributed by atoms with Crippen LogP contribution in [-0.2, 0) is 4.79 Å². The molecular formula is C21H22F4N2O4. The average molecular weight is 442 g/mol. The molecule has 10 heteroatoms. The van der Waals surface area contributed by atoms with Crippen molar-refractivity contribution in [2.75, 3.05) is 25.6 Å². The van der Waals surface area contributed by atoms with E-state index in [-0.39, 0.29) is 29.8 Å². The molecule has 2 aromatic rings. The third kappa shape index (κ3) is 7.16. The highest BCUT2D eigenvalue weighted by atomic mass is 19.4. The van der Waals surface area contributed by atoms with Crippen LogP contribution in [0.1, 0.15) is 27.9 Å². The van der Waals surface area contributed by atoms with Crippen molar-refractivity contribution in [2.24, 2.45) is 0 Å². The summed E-state index contributed by atoms with van der Waals surface area (Å²) < 4.78 is 61.7. The van der Waals surface area contributed by atoms with E-state index >= 15 is 0 Å². The van der Waals surface area contributed by atoms with Crippen molar-refractivity contribution in [2.45, 2.75) is 26.4 Å². The van der Waals surface area contributed by atoms with Crippen LogP contribution in [0.3, 0.4) is 0 Å². The van der Waals surface area contributed by atoms with Gasteiger partial charge >= 0.3 is 6.18 Å². The van der Waals surface area contributed by atoms with Crippen molar-refractivity contribution in [3.8, 4) is 11.5 Å². The maximum absolute atomic E-state index is 14.1. The zero-order valence-electron chi connectivity index (χ0n) is 17.2. The molecule has 0 saturated heterocycles. The second-order valence-corrected chi connectivity index (χ2v) is 6.73. The number of alkyl halides is 3. The van der Waals surface area contributed by atoms with Crippen molar-refractivity contribution in [3.63, 3.8) is 0 Å². The molecule has 2 N–H and O–H groups in total. The van der Waals surface area contributed by atoms with Crippen LogP contribution >= 0.6 is 0 Å². The fourth-order valence-electron chi connectivity index (χ4n) is 2.58. The normalized spacial score (nSPS) is 11.1. The van der Waals surface area contributed by atoms with Crippen LogP contribution in [-0.4, -0.2) is 38.3 Å². The highest BCUT2D eigenvalue weighted by Crippen LogP contribution is 2.28. The van der Waals surface area contributed by atoms with Gasteiger partial charge in [-0.15, -0.1) is 0 Å². The molecule has 0 aliphatic heterocycles. The number of ether oxygens (including phenoxy) is 2. The van der Waals surface area contributed by atoms with E-state index in [1.807, 2.05) is 13.0 Å². The number of nitrogens with one attached hydrogen (secondary N) is 2. The number of carbonyl (C=O) groups is 2. The lowest BCUT2D eigenvalue weighted by molar-refractivity contribution is -0.123. The van der Waals surface area contributed by atoms with Crippen LogP contribution in [0.2, 0.25) is 0 Å². The third-order valence-corrected chi connectivity index (χ3v) is 4.24. The van der Waals surface area contributed by atoms with Crippen LogP contribution in [0.5, 0.6) is 11.5 Å². The predicted octanol–water partition coefficient (Wildman–Crippen LogP) is 4.15. The van der Waals surface area contributed by atoms with E-state index in [1.165, 1.54) is 14.0 Å². The summed E-state index contributed by atoms with van der Waals surface area (Å²) in [6.07, 6.45) is -4.70. The largest absolute Gasteiger partial charge is 0.493 e. The Morgan fingerprint density at radius 1 is 1.06 bits per heavy atom. The van der Waals surface area contributed by atoms with Gasteiger partial charge in [-0.2, -0.15) is 13.2 Å². The molecule has 0 radical (unpaired) electrons. The molecule has 31 heavy (non-hydrogen) atoms. The molecule has 168 valence electrons. The van der Waals surface area contributed by atoms with Crippen molar-refractivity contribution >= 4 is 17.5 Å². The molecule has 0 spiro atoms. The summed E-state index contributed by atoms with van der Waals surface area (Å²) in [6.45, 7) is 1.70. The summed E-state index contributed by atoms with van der Waals surface area (Å²) in [5.41, 5.74) is 0.652. The lowest BCUT2D eigenvalue weighted by Crippen LogP contribution is -2.33. The van der Waals surface area contributed by atoms with Gasteiger partial charge in [0.15, 0.2) is 11.5 Å². The fourth-order valence-corrected chi connectivity index (χ4v) is 2.58. The molecule has 0 atom stereocenters. The lowest BCUT2D eigenvalue weighted by Gasteiger charge is -2.14. The first-order valence-electron chi connectivity index (χ1n) is 9.22. The van der Waals surface area contributed by atoms with Gasteiger partial charge in [-0.1, -0.05) is 6.07 Å². The lowest BCUT2D eigenvalue weighted by atomic mass is 10.1. The molecule has 0 aliphatic carbocycles. The van der Waals surface area contributed by atoms with E-state index < -0.39 is 30.4 Å². The number of carbonyl (C=O) groups excluding carboxylic acids is 2. The number of anilines is 1. The Balaban J connectivity index is 2.00. The van der Waals surface area contributed by atoms with Crippen LogP contribution in [0.4, 0.5) is 23.2 Å². The smallest absolute Gasteiger partial charge is 0.405 e. The first kappa shape index (κ1) is 24.0. The summed E-state index contributed by atoms with van der Waals surface area (Å²) in [5, 5.41) is 4.11. The van der Waals surface area contributed by atoms with Gasteiger partial charge < -0.3 is 20.1 Å². The van der Waals surface area contributed by atoms with E-state index in [4.69, 9.17) is 9.47 Å². The van der Waals surface area contributed by atoms with E-state index in [0.717, 1.165) is 17.7 Å². The van der Waals surface area contributed by atoms with Gasteiger partial charge in [0.25, 0.3) is 5.91 Å². The second-order valence-electron chi connectivity index (χ2n) is 6.73. The number of halogens is 4. The van der Waals surface area contributed by atoms with E-state index in [1.54, 1.807) is 17.4 Å². The molecule has 0 fully saturated rings. The molecule has 0 heterocycles. The van der Waals surface area contributed by atoms with Crippen LogP contribution in [0.15, 0.2) is 30.3 Å². The molecule has 0 unspecified atom stereocenters. The molecule has 0 aliphatic rings. The van der Waals surface area contributed by atoms with E-state index in [0.29, 0.717) is 11.5 Å². The molecule has 2 rings (SSSR count). The molecule has 0 bridgehead atoms. The van der Waals surface area contributed by atoms with Crippen molar-refractivity contribution < 1.29 is 36.6 Å². The summed E-state index contributed by atoms with van der Waals surface area (Å²) in [7, 11) is 1.49. The van der Waals surface area contributed by atoms with Crippen LogP contribution in [0.25, 0.3) is 0 Å². The Morgan fingerprint density at radius 3 is 2.42 bits per heavy atom. The number of rotatable bonds is 8. The summed E-state index contributed by atoms with van der Waals surface area (Å²) in [6, 6.07) is 7.22. The zero-order chi connectivity index (χ0) is 23.2. The predicted molar refractivity (Wildman–Crippen MR) is 106 cm³/mol. The Morgan fingerprint density at radius 2 is 1.77 bits per heavy atom. The monoisotopic (exact) mass is 442 g/mol. The van der Waals surface area contributed by atoms with Crippen LogP contribution < -0.4 is 20.1 Å². The molecule has 0 aromatic heterocycles. The third-order valence-electron chi connectivity index (χ3n) is 4.24. The van der Waals surface area contributed by atoms with Gasteiger partial charge in [-0.3, -0.25) is 9.59 Å². The van der Waals surface area contributed by atoms with Gasteiger partial charge in [-0.05, 0) is 43.7 Å². The highest BCUT2D eigenvalue weighted by molar-refractivity contribution is 5.97. The molecule has 2 aromatic carbocycles. The summed E-state index contributed by atoms with van der Waals surface area (Å²) in [5.74, 6) is -1.51. The Kier molecular flexibility index (Phi) is 7.84. The maximum Gasteiger partial charge on any atom is 0.405 e. The van der Waals surface area contributed by atoms with Gasteiger partial charge in [0.05, 0.1) is 20.1 Å². The number of methoxy groups -OCH3 is 1.